The van der Waals surface area contributed by atoms with Crippen LogP contribution in [0.15, 0.2) is 71.9 Å². The highest BCUT2D eigenvalue weighted by atomic mass is 16.2. The van der Waals surface area contributed by atoms with Gasteiger partial charge in [0.25, 0.3) is 5.91 Å². The standard InChI is InChI=1S/C25H23N5O2/c26-24-21-13-18(2-1-17(21)7-10-27-24)16-8-11-30(12-9-16)25(32)20-3-5-22(28-15-20)19-4-6-23(31)29-14-19/h1-7,10,13-16H,8-9,11-12H2,(H2,26,27)(H,29,31). The molecular formula is C25H23N5O2. The summed E-state index contributed by atoms with van der Waals surface area (Å²) in [6.07, 6.45) is 6.76. The first-order chi connectivity index (χ1) is 15.6. The lowest BCUT2D eigenvalue weighted by atomic mass is 9.88. The molecule has 4 aromatic rings. The lowest BCUT2D eigenvalue weighted by Crippen LogP contribution is -2.38. The number of carbonyl (C=O) groups excluding carboxylic acids is 1. The maximum Gasteiger partial charge on any atom is 0.255 e. The lowest BCUT2D eigenvalue weighted by molar-refractivity contribution is 0.0712. The number of carbonyl (C=O) groups is 1. The van der Waals surface area contributed by atoms with Crippen molar-refractivity contribution in [3.8, 4) is 11.3 Å². The number of pyridine rings is 3. The highest BCUT2D eigenvalue weighted by Gasteiger charge is 2.25. The molecule has 0 spiro atoms. The van der Waals surface area contributed by atoms with Gasteiger partial charge in [-0.25, -0.2) is 4.98 Å². The molecule has 0 saturated carbocycles. The lowest BCUT2D eigenvalue weighted by Gasteiger charge is -2.32. The molecule has 0 atom stereocenters. The van der Waals surface area contributed by atoms with E-state index in [9.17, 15) is 9.59 Å². The normalized spacial score (nSPS) is 14.6. The van der Waals surface area contributed by atoms with Crippen LogP contribution in [0.4, 0.5) is 5.82 Å². The molecule has 1 saturated heterocycles. The molecule has 7 heteroatoms. The molecule has 7 nitrogen and oxygen atoms in total. The number of fused-ring (bicyclic) bond motifs is 1. The van der Waals surface area contributed by atoms with Crippen LogP contribution in [-0.2, 0) is 0 Å². The summed E-state index contributed by atoms with van der Waals surface area (Å²) in [4.78, 5) is 37.3. The van der Waals surface area contributed by atoms with E-state index in [2.05, 4.69) is 33.2 Å². The Kier molecular flexibility index (Phi) is 5.15. The molecule has 1 aliphatic heterocycles. The van der Waals surface area contributed by atoms with E-state index < -0.39 is 0 Å². The summed E-state index contributed by atoms with van der Waals surface area (Å²) in [5.74, 6) is 0.939. The Morgan fingerprint density at radius 3 is 2.59 bits per heavy atom. The number of hydrogen-bond donors (Lipinski definition) is 2. The number of rotatable bonds is 3. The van der Waals surface area contributed by atoms with E-state index in [-0.39, 0.29) is 11.5 Å². The number of amides is 1. The molecule has 5 rings (SSSR count). The van der Waals surface area contributed by atoms with Crippen molar-refractivity contribution >= 4 is 22.5 Å². The van der Waals surface area contributed by atoms with Gasteiger partial charge < -0.3 is 15.6 Å². The van der Waals surface area contributed by atoms with Crippen molar-refractivity contribution in [2.24, 2.45) is 0 Å². The second kappa shape index (κ2) is 8.26. The van der Waals surface area contributed by atoms with Gasteiger partial charge in [0.2, 0.25) is 5.56 Å². The van der Waals surface area contributed by atoms with Gasteiger partial charge in [0, 0.05) is 48.7 Å². The summed E-state index contributed by atoms with van der Waals surface area (Å²) >= 11 is 0. The van der Waals surface area contributed by atoms with Crippen LogP contribution < -0.4 is 11.3 Å². The highest BCUT2D eigenvalue weighted by Crippen LogP contribution is 2.31. The van der Waals surface area contributed by atoms with Gasteiger partial charge in [-0.3, -0.25) is 14.6 Å². The van der Waals surface area contributed by atoms with E-state index in [0.29, 0.717) is 36.1 Å². The molecule has 3 N–H and O–H groups in total. The topological polar surface area (TPSA) is 105 Å². The maximum atomic E-state index is 13.0. The van der Waals surface area contributed by atoms with Gasteiger partial charge >= 0.3 is 0 Å². The van der Waals surface area contributed by atoms with Gasteiger partial charge in [-0.05, 0) is 60.0 Å². The zero-order chi connectivity index (χ0) is 22.1. The number of H-pyrrole nitrogens is 1. The van der Waals surface area contributed by atoms with Crippen molar-refractivity contribution in [1.82, 2.24) is 19.9 Å². The Morgan fingerprint density at radius 2 is 1.88 bits per heavy atom. The Balaban J connectivity index is 1.26. The number of likely N-dealkylation sites (tertiary alicyclic amines) is 1. The van der Waals surface area contributed by atoms with Gasteiger partial charge in [-0.2, -0.15) is 0 Å². The average Bonchev–Trinajstić information content (AvgIpc) is 2.84. The number of benzene rings is 1. The summed E-state index contributed by atoms with van der Waals surface area (Å²) in [6.45, 7) is 1.40. The van der Waals surface area contributed by atoms with Gasteiger partial charge in [0.05, 0.1) is 11.3 Å². The quantitative estimate of drug-likeness (QED) is 0.522. The van der Waals surface area contributed by atoms with Gasteiger partial charge in [-0.15, -0.1) is 0 Å². The number of nitrogens with one attached hydrogen (secondary N) is 1. The van der Waals surface area contributed by atoms with E-state index >= 15 is 0 Å². The second-order valence-corrected chi connectivity index (χ2v) is 8.12. The number of piperidine rings is 1. The Labute approximate surface area is 184 Å². The molecule has 0 bridgehead atoms. The summed E-state index contributed by atoms with van der Waals surface area (Å²) in [5, 5.41) is 2.07. The molecule has 3 aromatic heterocycles. The van der Waals surface area contributed by atoms with Gasteiger partial charge in [-0.1, -0.05) is 12.1 Å². The fourth-order valence-electron chi connectivity index (χ4n) is 4.32. The number of aromatic nitrogens is 3. The zero-order valence-electron chi connectivity index (χ0n) is 17.5. The van der Waals surface area contributed by atoms with Crippen molar-refractivity contribution in [1.29, 1.82) is 0 Å². The fourth-order valence-corrected chi connectivity index (χ4v) is 4.32. The molecule has 4 heterocycles. The first-order valence-corrected chi connectivity index (χ1v) is 10.7. The Morgan fingerprint density at radius 1 is 1.03 bits per heavy atom. The summed E-state index contributed by atoms with van der Waals surface area (Å²) < 4.78 is 0. The van der Waals surface area contributed by atoms with Crippen LogP contribution in [-0.4, -0.2) is 38.8 Å². The van der Waals surface area contributed by atoms with Gasteiger partial charge in [0.15, 0.2) is 0 Å². The summed E-state index contributed by atoms with van der Waals surface area (Å²) in [7, 11) is 0. The van der Waals surface area contributed by atoms with Crippen molar-refractivity contribution in [3.05, 3.63) is 88.6 Å². The van der Waals surface area contributed by atoms with E-state index in [1.54, 1.807) is 36.8 Å². The third-order valence-corrected chi connectivity index (χ3v) is 6.16. The third-order valence-electron chi connectivity index (χ3n) is 6.16. The number of anilines is 1. The van der Waals surface area contributed by atoms with E-state index in [1.165, 1.54) is 11.6 Å². The third kappa shape index (κ3) is 3.85. The monoisotopic (exact) mass is 425 g/mol. The van der Waals surface area contributed by atoms with Crippen LogP contribution in [0.2, 0.25) is 0 Å². The molecule has 1 aromatic carbocycles. The molecule has 0 radical (unpaired) electrons. The minimum absolute atomic E-state index is 0.00377. The smallest absolute Gasteiger partial charge is 0.255 e. The largest absolute Gasteiger partial charge is 0.383 e. The van der Waals surface area contributed by atoms with Gasteiger partial charge in [0.1, 0.15) is 5.82 Å². The molecule has 1 amide bonds. The average molecular weight is 425 g/mol. The molecule has 32 heavy (non-hydrogen) atoms. The number of nitrogens with two attached hydrogens (primary N) is 1. The SMILES string of the molecule is Nc1nccc2ccc(C3CCN(C(=O)c4ccc(-c5ccc(=O)[nH]c5)nc4)CC3)cc12. The summed E-state index contributed by atoms with van der Waals surface area (Å²) in [6, 6.07) is 15.1. The zero-order valence-corrected chi connectivity index (χ0v) is 17.5. The molecule has 0 aliphatic carbocycles. The number of nitrogens with zero attached hydrogens (tertiary/aromatic N) is 3. The number of aromatic amines is 1. The maximum absolute atomic E-state index is 13.0. The number of nitrogen functional groups attached to an aromatic ring is 1. The molecular weight excluding hydrogens is 402 g/mol. The van der Waals surface area contributed by atoms with E-state index in [0.717, 1.165) is 29.2 Å². The van der Waals surface area contributed by atoms with E-state index in [4.69, 9.17) is 5.73 Å². The van der Waals surface area contributed by atoms with Crippen molar-refractivity contribution < 1.29 is 4.79 Å². The minimum Gasteiger partial charge on any atom is -0.383 e. The van der Waals surface area contributed by atoms with E-state index in [1.807, 2.05) is 11.0 Å². The van der Waals surface area contributed by atoms with Crippen LogP contribution in [0.5, 0.6) is 0 Å². The second-order valence-electron chi connectivity index (χ2n) is 8.12. The predicted octanol–water partition coefficient (Wildman–Crippen LogP) is 3.59. The number of hydrogen-bond acceptors (Lipinski definition) is 5. The first-order valence-electron chi connectivity index (χ1n) is 10.7. The highest BCUT2D eigenvalue weighted by molar-refractivity contribution is 5.94. The molecule has 1 aliphatic rings. The van der Waals surface area contributed by atoms with Crippen LogP contribution >= 0.6 is 0 Å². The van der Waals surface area contributed by atoms with Crippen molar-refractivity contribution in [2.75, 3.05) is 18.8 Å². The summed E-state index contributed by atoms with van der Waals surface area (Å²) in [5.41, 5.74) is 9.22. The first kappa shape index (κ1) is 19.9. The Hall–Kier alpha value is -4.00. The van der Waals surface area contributed by atoms with Crippen molar-refractivity contribution in [3.63, 3.8) is 0 Å². The fraction of sp³-hybridized carbons (Fsp3) is 0.200. The molecule has 1 fully saturated rings. The predicted molar refractivity (Wildman–Crippen MR) is 124 cm³/mol. The Bertz CT molecular complexity index is 1320. The van der Waals surface area contributed by atoms with Crippen LogP contribution in [0.25, 0.3) is 22.0 Å². The molecule has 160 valence electrons. The van der Waals surface area contributed by atoms with Crippen LogP contribution in [0, 0.1) is 0 Å². The minimum atomic E-state index is -0.159. The molecule has 0 unspecified atom stereocenters. The van der Waals surface area contributed by atoms with Crippen LogP contribution in [0.1, 0.15) is 34.7 Å². The van der Waals surface area contributed by atoms with Crippen molar-refractivity contribution in [2.45, 2.75) is 18.8 Å². The van der Waals surface area contributed by atoms with Crippen LogP contribution in [0.3, 0.4) is 0 Å².